The fraction of sp³-hybridized carbons (Fsp3) is 0.400. The van der Waals surface area contributed by atoms with Crippen LogP contribution in [0, 0.1) is 0 Å². The molecule has 0 aromatic heterocycles. The molecule has 0 radical (unpaired) electrons. The van der Waals surface area contributed by atoms with Crippen LogP contribution in [0.4, 0.5) is 0 Å². The molecule has 2 aromatic rings. The molecule has 25 heavy (non-hydrogen) atoms. The van der Waals surface area contributed by atoms with Gasteiger partial charge in [-0.05, 0) is 29.8 Å². The van der Waals surface area contributed by atoms with Gasteiger partial charge in [-0.2, -0.15) is 0 Å². The summed E-state index contributed by atoms with van der Waals surface area (Å²) in [5, 5.41) is 10.2. The third-order valence-electron chi connectivity index (χ3n) is 4.44. The second-order valence-electron chi connectivity index (χ2n) is 6.48. The Hall–Kier alpha value is -1.40. The summed E-state index contributed by atoms with van der Waals surface area (Å²) in [5.74, 6) is 0.787. The van der Waals surface area contributed by atoms with E-state index < -0.39 is 6.10 Å². The molecule has 0 unspecified atom stereocenters. The molecule has 1 atom stereocenters. The number of aliphatic hydroxyl groups excluding tert-OH is 1. The Morgan fingerprint density at radius 3 is 2.24 bits per heavy atom. The number of benzene rings is 2. The van der Waals surface area contributed by atoms with Gasteiger partial charge in [-0.15, -0.1) is 0 Å². The molecule has 3 rings (SSSR count). The van der Waals surface area contributed by atoms with Crippen molar-refractivity contribution in [2.24, 2.45) is 0 Å². The molecule has 0 bridgehead atoms. The smallest absolute Gasteiger partial charge is 0.119 e. The van der Waals surface area contributed by atoms with Crippen LogP contribution in [-0.2, 0) is 6.54 Å². The van der Waals surface area contributed by atoms with E-state index in [4.69, 9.17) is 4.74 Å². The van der Waals surface area contributed by atoms with Gasteiger partial charge >= 0.3 is 0 Å². The molecule has 2 aromatic carbocycles. The van der Waals surface area contributed by atoms with Gasteiger partial charge in [-0.3, -0.25) is 9.80 Å². The standard InChI is InChI=1S/C20H25BrN2O2/c21-18-6-8-20(9-7-18)25-16-19(24)15-23-12-10-22(11-13-23)14-17-4-2-1-3-5-17/h1-9,19,24H,10-16H2/t19-/m0/s1. The van der Waals surface area contributed by atoms with Crippen LogP contribution in [0.15, 0.2) is 59.1 Å². The van der Waals surface area contributed by atoms with Gasteiger partial charge in [0.1, 0.15) is 18.5 Å². The van der Waals surface area contributed by atoms with Crippen LogP contribution in [0.25, 0.3) is 0 Å². The summed E-state index contributed by atoms with van der Waals surface area (Å²) >= 11 is 3.40. The molecule has 1 aliphatic rings. The molecule has 4 nitrogen and oxygen atoms in total. The van der Waals surface area contributed by atoms with E-state index in [-0.39, 0.29) is 0 Å². The highest BCUT2D eigenvalue weighted by molar-refractivity contribution is 9.10. The minimum atomic E-state index is -0.468. The summed E-state index contributed by atoms with van der Waals surface area (Å²) in [5.41, 5.74) is 1.36. The van der Waals surface area contributed by atoms with E-state index in [0.29, 0.717) is 13.2 Å². The zero-order valence-electron chi connectivity index (χ0n) is 14.4. The van der Waals surface area contributed by atoms with Gasteiger partial charge in [-0.25, -0.2) is 0 Å². The largest absolute Gasteiger partial charge is 0.491 e. The van der Waals surface area contributed by atoms with Crippen molar-refractivity contribution in [1.29, 1.82) is 0 Å². The molecule has 1 heterocycles. The average Bonchev–Trinajstić information content (AvgIpc) is 2.64. The van der Waals surface area contributed by atoms with Gasteiger partial charge in [-0.1, -0.05) is 46.3 Å². The van der Waals surface area contributed by atoms with Crippen LogP contribution in [0.1, 0.15) is 5.56 Å². The van der Waals surface area contributed by atoms with Crippen molar-refractivity contribution in [2.75, 3.05) is 39.3 Å². The maximum absolute atomic E-state index is 10.2. The highest BCUT2D eigenvalue weighted by atomic mass is 79.9. The van der Waals surface area contributed by atoms with Crippen LogP contribution in [0.3, 0.4) is 0 Å². The third kappa shape index (κ3) is 6.12. The maximum Gasteiger partial charge on any atom is 0.119 e. The SMILES string of the molecule is O[C@H](COc1ccc(Br)cc1)CN1CCN(Cc2ccccc2)CC1. The fourth-order valence-electron chi connectivity index (χ4n) is 3.05. The van der Waals surface area contributed by atoms with E-state index in [9.17, 15) is 5.11 Å². The predicted molar refractivity (Wildman–Crippen MR) is 104 cm³/mol. The third-order valence-corrected chi connectivity index (χ3v) is 4.97. The summed E-state index contributed by atoms with van der Waals surface area (Å²) in [6, 6.07) is 18.3. The van der Waals surface area contributed by atoms with Crippen molar-refractivity contribution in [1.82, 2.24) is 9.80 Å². The van der Waals surface area contributed by atoms with Crippen molar-refractivity contribution in [3.63, 3.8) is 0 Å². The van der Waals surface area contributed by atoms with Gasteiger partial charge < -0.3 is 9.84 Å². The van der Waals surface area contributed by atoms with Gasteiger partial charge in [0.2, 0.25) is 0 Å². The molecule has 0 amide bonds. The van der Waals surface area contributed by atoms with Crippen LogP contribution in [0.2, 0.25) is 0 Å². The Morgan fingerprint density at radius 2 is 1.56 bits per heavy atom. The quantitative estimate of drug-likeness (QED) is 0.769. The molecule has 1 fully saturated rings. The molecule has 0 saturated carbocycles. The van der Waals surface area contributed by atoms with Crippen molar-refractivity contribution in [2.45, 2.75) is 12.6 Å². The monoisotopic (exact) mass is 404 g/mol. The minimum Gasteiger partial charge on any atom is -0.491 e. The van der Waals surface area contributed by atoms with Crippen LogP contribution < -0.4 is 4.74 Å². The first-order valence-corrected chi connectivity index (χ1v) is 9.53. The number of nitrogens with zero attached hydrogens (tertiary/aromatic N) is 2. The van der Waals surface area contributed by atoms with Crippen LogP contribution in [0.5, 0.6) is 5.75 Å². The number of β-amino-alcohol motifs (C(OH)–C–C–N with tert-alkyl or cyclic N) is 1. The summed E-state index contributed by atoms with van der Waals surface area (Å²) < 4.78 is 6.68. The number of aliphatic hydroxyl groups is 1. The van der Waals surface area contributed by atoms with Crippen molar-refractivity contribution >= 4 is 15.9 Å². The molecule has 1 N–H and O–H groups in total. The fourth-order valence-corrected chi connectivity index (χ4v) is 3.31. The van der Waals surface area contributed by atoms with Gasteiger partial charge in [0.25, 0.3) is 0 Å². The molecule has 5 heteroatoms. The summed E-state index contributed by atoms with van der Waals surface area (Å²) in [4.78, 5) is 4.79. The first-order chi connectivity index (χ1) is 12.2. The molecule has 0 aliphatic carbocycles. The van der Waals surface area contributed by atoms with E-state index in [1.165, 1.54) is 5.56 Å². The molecule has 1 aliphatic heterocycles. The average molecular weight is 405 g/mol. The highest BCUT2D eigenvalue weighted by Crippen LogP contribution is 2.16. The molecule has 134 valence electrons. The Kier molecular flexibility index (Phi) is 6.87. The Balaban J connectivity index is 1.36. The van der Waals surface area contributed by atoms with E-state index >= 15 is 0 Å². The van der Waals surface area contributed by atoms with Crippen molar-refractivity contribution in [3.8, 4) is 5.75 Å². The van der Waals surface area contributed by atoms with E-state index in [1.807, 2.05) is 24.3 Å². The number of hydrogen-bond donors (Lipinski definition) is 1. The Bertz CT molecular complexity index is 628. The number of halogens is 1. The number of rotatable bonds is 7. The molecular weight excluding hydrogens is 380 g/mol. The second-order valence-corrected chi connectivity index (χ2v) is 7.40. The predicted octanol–water partition coefficient (Wildman–Crippen LogP) is 3.01. The first kappa shape index (κ1) is 18.4. The number of piperazine rings is 1. The summed E-state index contributed by atoms with van der Waals surface area (Å²) in [6.07, 6.45) is -0.468. The van der Waals surface area contributed by atoms with Crippen LogP contribution in [-0.4, -0.2) is 60.3 Å². The molecule has 0 spiro atoms. The van der Waals surface area contributed by atoms with E-state index in [2.05, 4.69) is 56.1 Å². The normalized spacial score (nSPS) is 17.4. The second kappa shape index (κ2) is 9.34. The van der Waals surface area contributed by atoms with Gasteiger partial charge in [0, 0.05) is 43.7 Å². The minimum absolute atomic E-state index is 0.325. The Morgan fingerprint density at radius 1 is 0.920 bits per heavy atom. The van der Waals surface area contributed by atoms with Crippen LogP contribution >= 0.6 is 15.9 Å². The van der Waals surface area contributed by atoms with Crippen molar-refractivity contribution in [3.05, 3.63) is 64.6 Å². The number of ether oxygens (including phenoxy) is 1. The lowest BCUT2D eigenvalue weighted by Gasteiger charge is -2.35. The Labute approximate surface area is 158 Å². The van der Waals surface area contributed by atoms with E-state index in [0.717, 1.165) is 42.9 Å². The van der Waals surface area contributed by atoms with Crippen molar-refractivity contribution < 1.29 is 9.84 Å². The lowest BCUT2D eigenvalue weighted by Crippen LogP contribution is -2.48. The zero-order chi connectivity index (χ0) is 17.5. The topological polar surface area (TPSA) is 35.9 Å². The maximum atomic E-state index is 10.2. The lowest BCUT2D eigenvalue weighted by molar-refractivity contribution is 0.0446. The zero-order valence-corrected chi connectivity index (χ0v) is 15.9. The summed E-state index contributed by atoms with van der Waals surface area (Å²) in [6.45, 7) is 6.04. The molecular formula is C20H25BrN2O2. The summed E-state index contributed by atoms with van der Waals surface area (Å²) in [7, 11) is 0. The van der Waals surface area contributed by atoms with Gasteiger partial charge in [0.15, 0.2) is 0 Å². The lowest BCUT2D eigenvalue weighted by atomic mass is 10.2. The first-order valence-electron chi connectivity index (χ1n) is 8.74. The van der Waals surface area contributed by atoms with E-state index in [1.54, 1.807) is 0 Å². The molecule has 1 saturated heterocycles. The van der Waals surface area contributed by atoms with Gasteiger partial charge in [0.05, 0.1) is 0 Å². The highest BCUT2D eigenvalue weighted by Gasteiger charge is 2.19. The number of hydrogen-bond acceptors (Lipinski definition) is 4.